The lowest BCUT2D eigenvalue weighted by molar-refractivity contribution is 0.404. The molecule has 0 bridgehead atoms. The number of benzene rings is 1. The van der Waals surface area contributed by atoms with Crippen molar-refractivity contribution in [1.82, 2.24) is 0 Å². The summed E-state index contributed by atoms with van der Waals surface area (Å²) in [6.07, 6.45) is 3.58. The summed E-state index contributed by atoms with van der Waals surface area (Å²) < 4.78 is 1.02. The fraction of sp³-hybridized carbons (Fsp3) is 0.538. The van der Waals surface area contributed by atoms with Crippen molar-refractivity contribution in [3.63, 3.8) is 0 Å². The van der Waals surface area contributed by atoms with Gasteiger partial charge in [0.2, 0.25) is 0 Å². The largest absolute Gasteiger partial charge is 0.327 e. The minimum atomic E-state index is 0.228. The van der Waals surface area contributed by atoms with E-state index < -0.39 is 0 Å². The molecule has 0 radical (unpaired) electrons. The van der Waals surface area contributed by atoms with Gasteiger partial charge in [-0.05, 0) is 48.8 Å². The highest BCUT2D eigenvalue weighted by Gasteiger charge is 2.31. The molecule has 2 rings (SSSR count). The average Bonchev–Trinajstić information content (AvgIpc) is 3.04. The van der Waals surface area contributed by atoms with Crippen molar-refractivity contribution in [3.8, 4) is 0 Å². The third-order valence-electron chi connectivity index (χ3n) is 3.51. The molecular weight excluding hydrogens is 286 g/mol. The third kappa shape index (κ3) is 2.99. The highest BCUT2D eigenvalue weighted by atomic mass is 79.9. The first-order chi connectivity index (χ1) is 7.58. The predicted octanol–water partition coefficient (Wildman–Crippen LogP) is 4.02. The summed E-state index contributed by atoms with van der Waals surface area (Å²) in [6, 6.07) is 6.25. The average molecular weight is 303 g/mol. The quantitative estimate of drug-likeness (QED) is 0.893. The topological polar surface area (TPSA) is 26.0 Å². The van der Waals surface area contributed by atoms with Gasteiger partial charge in [-0.25, -0.2) is 0 Å². The van der Waals surface area contributed by atoms with E-state index in [1.165, 1.54) is 12.8 Å². The summed E-state index contributed by atoms with van der Waals surface area (Å²) in [7, 11) is 0. The van der Waals surface area contributed by atoms with E-state index >= 15 is 0 Å². The molecule has 2 atom stereocenters. The molecule has 2 unspecified atom stereocenters. The summed E-state index contributed by atoms with van der Waals surface area (Å²) >= 11 is 9.60. The van der Waals surface area contributed by atoms with Gasteiger partial charge in [-0.1, -0.05) is 40.5 Å². The van der Waals surface area contributed by atoms with Crippen molar-refractivity contribution in [2.45, 2.75) is 32.2 Å². The highest BCUT2D eigenvalue weighted by Crippen LogP contribution is 2.38. The molecule has 0 amide bonds. The molecule has 88 valence electrons. The van der Waals surface area contributed by atoms with Crippen molar-refractivity contribution >= 4 is 27.5 Å². The van der Waals surface area contributed by atoms with Crippen LogP contribution in [0.2, 0.25) is 5.02 Å². The van der Waals surface area contributed by atoms with Crippen LogP contribution in [0.5, 0.6) is 0 Å². The molecule has 1 aromatic carbocycles. The zero-order chi connectivity index (χ0) is 11.7. The fourth-order valence-corrected chi connectivity index (χ4v) is 2.85. The van der Waals surface area contributed by atoms with Gasteiger partial charge in [0, 0.05) is 15.5 Å². The van der Waals surface area contributed by atoms with E-state index in [4.69, 9.17) is 17.3 Å². The molecule has 1 aliphatic rings. The van der Waals surface area contributed by atoms with Crippen LogP contribution >= 0.6 is 27.5 Å². The smallest absolute Gasteiger partial charge is 0.0449 e. The van der Waals surface area contributed by atoms with Crippen LogP contribution in [0.3, 0.4) is 0 Å². The van der Waals surface area contributed by atoms with Crippen LogP contribution in [0, 0.1) is 11.8 Å². The van der Waals surface area contributed by atoms with Crippen LogP contribution in [-0.4, -0.2) is 6.04 Å². The van der Waals surface area contributed by atoms with Gasteiger partial charge in [0.15, 0.2) is 0 Å². The van der Waals surface area contributed by atoms with Gasteiger partial charge in [-0.2, -0.15) is 0 Å². The van der Waals surface area contributed by atoms with Crippen molar-refractivity contribution in [1.29, 1.82) is 0 Å². The molecule has 16 heavy (non-hydrogen) atoms. The zero-order valence-corrected chi connectivity index (χ0v) is 11.8. The lowest BCUT2D eigenvalue weighted by atomic mass is 9.92. The second-order valence-electron chi connectivity index (χ2n) is 4.80. The maximum atomic E-state index is 6.23. The summed E-state index contributed by atoms with van der Waals surface area (Å²) in [5.74, 6) is 1.46. The van der Waals surface area contributed by atoms with Crippen molar-refractivity contribution in [3.05, 3.63) is 33.3 Å². The lowest BCUT2D eigenvalue weighted by Crippen LogP contribution is -2.31. The van der Waals surface area contributed by atoms with Gasteiger partial charge in [0.25, 0.3) is 0 Å². The van der Waals surface area contributed by atoms with E-state index in [0.717, 1.165) is 27.4 Å². The Hall–Kier alpha value is -0.0500. The Morgan fingerprint density at radius 3 is 2.75 bits per heavy atom. The highest BCUT2D eigenvalue weighted by molar-refractivity contribution is 9.10. The Kier molecular flexibility index (Phi) is 3.93. The van der Waals surface area contributed by atoms with E-state index in [1.807, 2.05) is 12.1 Å². The van der Waals surface area contributed by atoms with Gasteiger partial charge in [-0.15, -0.1) is 0 Å². The predicted molar refractivity (Wildman–Crippen MR) is 72.7 cm³/mol. The van der Waals surface area contributed by atoms with E-state index in [0.29, 0.717) is 5.92 Å². The Bertz CT molecular complexity index is 376. The summed E-state index contributed by atoms with van der Waals surface area (Å²) in [4.78, 5) is 0. The molecule has 1 fully saturated rings. The van der Waals surface area contributed by atoms with Crippen molar-refractivity contribution in [2.75, 3.05) is 0 Å². The summed E-state index contributed by atoms with van der Waals surface area (Å²) in [5, 5.41) is 0.813. The van der Waals surface area contributed by atoms with Crippen LogP contribution < -0.4 is 5.73 Å². The van der Waals surface area contributed by atoms with Crippen LogP contribution in [0.4, 0.5) is 0 Å². The molecule has 1 aliphatic carbocycles. The molecule has 3 heteroatoms. The second kappa shape index (κ2) is 5.07. The number of hydrogen-bond donors (Lipinski definition) is 1. The first kappa shape index (κ1) is 12.4. The van der Waals surface area contributed by atoms with E-state index in [9.17, 15) is 0 Å². The summed E-state index contributed by atoms with van der Waals surface area (Å²) in [6.45, 7) is 2.26. The normalized spacial score (nSPS) is 19.5. The monoisotopic (exact) mass is 301 g/mol. The van der Waals surface area contributed by atoms with E-state index in [2.05, 4.69) is 28.9 Å². The fourth-order valence-electron chi connectivity index (χ4n) is 2.10. The number of halogens is 2. The zero-order valence-electron chi connectivity index (χ0n) is 9.42. The molecule has 0 aromatic heterocycles. The first-order valence-corrected chi connectivity index (χ1v) is 6.94. The maximum absolute atomic E-state index is 6.23. The van der Waals surface area contributed by atoms with Crippen molar-refractivity contribution in [2.24, 2.45) is 17.6 Å². The Labute approximate surface area is 110 Å². The second-order valence-corrected chi connectivity index (χ2v) is 6.12. The molecule has 0 heterocycles. The number of hydrogen-bond acceptors (Lipinski definition) is 1. The molecule has 1 saturated carbocycles. The molecule has 1 nitrogen and oxygen atoms in total. The number of nitrogens with two attached hydrogens (primary N) is 1. The maximum Gasteiger partial charge on any atom is 0.0449 e. The molecular formula is C13H17BrClN. The van der Waals surface area contributed by atoms with Gasteiger partial charge in [-0.3, -0.25) is 0 Å². The van der Waals surface area contributed by atoms with Crippen molar-refractivity contribution < 1.29 is 0 Å². The molecule has 0 saturated heterocycles. The summed E-state index contributed by atoms with van der Waals surface area (Å²) in [5.41, 5.74) is 7.38. The lowest BCUT2D eigenvalue weighted by Gasteiger charge is -2.20. The van der Waals surface area contributed by atoms with Crippen LogP contribution in [0.15, 0.2) is 22.7 Å². The standard InChI is InChI=1S/C13H17BrClN/c1-8(9-2-3-9)13(16)6-10-4-5-11(14)7-12(10)15/h4-5,7-9,13H,2-3,6,16H2,1H3. The minimum absolute atomic E-state index is 0.228. The van der Waals surface area contributed by atoms with E-state index in [1.54, 1.807) is 0 Å². The SMILES string of the molecule is CC(C(N)Cc1ccc(Br)cc1Cl)C1CC1. The number of rotatable bonds is 4. The molecule has 2 N–H and O–H groups in total. The van der Waals surface area contributed by atoms with Gasteiger partial charge in [0.1, 0.15) is 0 Å². The van der Waals surface area contributed by atoms with Crippen LogP contribution in [-0.2, 0) is 6.42 Å². The van der Waals surface area contributed by atoms with E-state index in [-0.39, 0.29) is 6.04 Å². The van der Waals surface area contributed by atoms with Crippen LogP contribution in [0.1, 0.15) is 25.3 Å². The Morgan fingerprint density at radius 2 is 2.19 bits per heavy atom. The first-order valence-electron chi connectivity index (χ1n) is 5.77. The Balaban J connectivity index is 2.02. The van der Waals surface area contributed by atoms with Gasteiger partial charge in [0.05, 0.1) is 0 Å². The Morgan fingerprint density at radius 1 is 1.50 bits per heavy atom. The van der Waals surface area contributed by atoms with Crippen LogP contribution in [0.25, 0.3) is 0 Å². The minimum Gasteiger partial charge on any atom is -0.327 e. The molecule has 0 aliphatic heterocycles. The molecule has 1 aromatic rings. The van der Waals surface area contributed by atoms with Gasteiger partial charge >= 0.3 is 0 Å². The third-order valence-corrected chi connectivity index (χ3v) is 4.36. The molecule has 0 spiro atoms. The van der Waals surface area contributed by atoms with Gasteiger partial charge < -0.3 is 5.73 Å².